The number of thiazole rings is 1. The van der Waals surface area contributed by atoms with E-state index in [1.54, 1.807) is 11.3 Å². The molecule has 0 amide bonds. The molecule has 140 valence electrons. The Morgan fingerprint density at radius 2 is 1.89 bits per heavy atom. The highest BCUT2D eigenvalue weighted by atomic mass is 32.1. The zero-order valence-electron chi connectivity index (χ0n) is 14.9. The molecule has 1 atom stereocenters. The number of hydrogen-bond acceptors (Lipinski definition) is 7. The molecule has 2 aliphatic rings. The number of piperazine rings is 1. The lowest BCUT2D eigenvalue weighted by molar-refractivity contribution is 0.364. The number of fused-ring (bicyclic) bond motifs is 1. The molecule has 0 bridgehead atoms. The Morgan fingerprint density at radius 3 is 2.63 bits per heavy atom. The van der Waals surface area contributed by atoms with E-state index in [1.165, 1.54) is 0 Å². The second-order valence-corrected chi connectivity index (χ2v) is 8.03. The molecular formula is C19H21FN6S. The summed E-state index contributed by atoms with van der Waals surface area (Å²) in [4.78, 5) is 18.2. The van der Waals surface area contributed by atoms with Crippen LogP contribution < -0.4 is 15.1 Å². The molecule has 0 aliphatic carbocycles. The van der Waals surface area contributed by atoms with Crippen molar-refractivity contribution in [1.29, 1.82) is 0 Å². The van der Waals surface area contributed by atoms with Crippen molar-refractivity contribution < 1.29 is 4.39 Å². The number of aromatic nitrogens is 3. The number of nitrogens with one attached hydrogen (secondary N) is 1. The third-order valence-corrected chi connectivity index (χ3v) is 6.21. The SMILES string of the molecule is F[C@@H]1CCN(c2ccc(-c3nc4cc(N5CCNCC5)ncc4s3)cn2)C1. The summed E-state index contributed by atoms with van der Waals surface area (Å²) in [5.41, 5.74) is 1.96. The Hall–Kier alpha value is -2.32. The molecule has 27 heavy (non-hydrogen) atoms. The monoisotopic (exact) mass is 384 g/mol. The summed E-state index contributed by atoms with van der Waals surface area (Å²) < 4.78 is 14.5. The number of rotatable bonds is 3. The summed E-state index contributed by atoms with van der Waals surface area (Å²) in [7, 11) is 0. The normalized spacial score (nSPS) is 20.6. The summed E-state index contributed by atoms with van der Waals surface area (Å²) in [5, 5.41) is 4.30. The first-order valence-corrected chi connectivity index (χ1v) is 10.2. The van der Waals surface area contributed by atoms with Crippen LogP contribution in [0.4, 0.5) is 16.0 Å². The summed E-state index contributed by atoms with van der Waals surface area (Å²) in [6.07, 6.45) is 3.60. The fourth-order valence-electron chi connectivity index (χ4n) is 3.64. The van der Waals surface area contributed by atoms with Crippen LogP contribution >= 0.6 is 11.3 Å². The molecule has 5 heterocycles. The quantitative estimate of drug-likeness (QED) is 0.749. The van der Waals surface area contributed by atoms with Crippen molar-refractivity contribution in [3.8, 4) is 10.6 Å². The van der Waals surface area contributed by atoms with Gasteiger partial charge in [0.15, 0.2) is 0 Å². The molecule has 2 saturated heterocycles. The lowest BCUT2D eigenvalue weighted by atomic mass is 10.3. The molecule has 0 radical (unpaired) electrons. The third-order valence-electron chi connectivity index (χ3n) is 5.15. The fraction of sp³-hybridized carbons (Fsp3) is 0.421. The van der Waals surface area contributed by atoms with Gasteiger partial charge in [0.1, 0.15) is 22.8 Å². The molecular weight excluding hydrogens is 363 g/mol. The first-order valence-electron chi connectivity index (χ1n) is 9.34. The number of anilines is 2. The Balaban J connectivity index is 1.39. The fourth-order valence-corrected chi connectivity index (χ4v) is 4.55. The number of pyridine rings is 2. The summed E-state index contributed by atoms with van der Waals surface area (Å²) >= 11 is 1.63. The smallest absolute Gasteiger partial charge is 0.130 e. The topological polar surface area (TPSA) is 57.2 Å². The molecule has 0 saturated carbocycles. The molecule has 5 rings (SSSR count). The van der Waals surface area contributed by atoms with E-state index in [1.807, 2.05) is 29.4 Å². The molecule has 2 fully saturated rings. The van der Waals surface area contributed by atoms with E-state index in [-0.39, 0.29) is 0 Å². The maximum atomic E-state index is 13.4. The zero-order valence-corrected chi connectivity index (χ0v) is 15.8. The molecule has 6 nitrogen and oxygen atoms in total. The molecule has 8 heteroatoms. The highest BCUT2D eigenvalue weighted by molar-refractivity contribution is 7.21. The number of halogens is 1. The minimum atomic E-state index is -0.742. The van der Waals surface area contributed by atoms with Gasteiger partial charge in [-0.25, -0.2) is 19.3 Å². The Kier molecular flexibility index (Phi) is 4.37. The Bertz CT molecular complexity index is 937. The first kappa shape index (κ1) is 16.8. The van der Waals surface area contributed by atoms with E-state index in [4.69, 9.17) is 4.98 Å². The van der Waals surface area contributed by atoms with E-state index in [0.717, 1.165) is 65.1 Å². The van der Waals surface area contributed by atoms with E-state index < -0.39 is 6.17 Å². The molecule has 2 aliphatic heterocycles. The molecule has 3 aromatic rings. The van der Waals surface area contributed by atoms with Crippen LogP contribution in [-0.4, -0.2) is 60.4 Å². The molecule has 0 spiro atoms. The van der Waals surface area contributed by atoms with E-state index in [0.29, 0.717) is 13.0 Å². The third kappa shape index (κ3) is 3.35. The maximum absolute atomic E-state index is 13.4. The summed E-state index contributed by atoms with van der Waals surface area (Å²) in [5.74, 6) is 1.83. The Labute approximate surface area is 161 Å². The number of hydrogen-bond donors (Lipinski definition) is 1. The summed E-state index contributed by atoms with van der Waals surface area (Å²) in [6.45, 7) is 5.08. The van der Waals surface area contributed by atoms with Crippen LogP contribution in [0.15, 0.2) is 30.6 Å². The van der Waals surface area contributed by atoms with Gasteiger partial charge in [-0.15, -0.1) is 11.3 Å². The van der Waals surface area contributed by atoms with Gasteiger partial charge in [-0.05, 0) is 18.6 Å². The highest BCUT2D eigenvalue weighted by Gasteiger charge is 2.22. The molecule has 3 aromatic heterocycles. The average Bonchev–Trinajstić information content (AvgIpc) is 3.34. The minimum Gasteiger partial charge on any atom is -0.354 e. The van der Waals surface area contributed by atoms with Gasteiger partial charge < -0.3 is 15.1 Å². The number of alkyl halides is 1. The van der Waals surface area contributed by atoms with Gasteiger partial charge in [0.25, 0.3) is 0 Å². The van der Waals surface area contributed by atoms with Gasteiger partial charge in [0.2, 0.25) is 0 Å². The van der Waals surface area contributed by atoms with E-state index in [2.05, 4.69) is 26.3 Å². The van der Waals surface area contributed by atoms with Crippen molar-refractivity contribution in [2.24, 2.45) is 0 Å². The van der Waals surface area contributed by atoms with Gasteiger partial charge in [0.05, 0.1) is 16.8 Å². The van der Waals surface area contributed by atoms with Gasteiger partial charge in [-0.2, -0.15) is 0 Å². The van der Waals surface area contributed by atoms with Crippen molar-refractivity contribution in [3.63, 3.8) is 0 Å². The first-order chi connectivity index (χ1) is 13.3. The molecule has 0 unspecified atom stereocenters. The highest BCUT2D eigenvalue weighted by Crippen LogP contribution is 2.32. The zero-order chi connectivity index (χ0) is 18.2. The second-order valence-electron chi connectivity index (χ2n) is 7.00. The van der Waals surface area contributed by atoms with Gasteiger partial charge >= 0.3 is 0 Å². The number of nitrogens with zero attached hydrogens (tertiary/aromatic N) is 5. The lowest BCUT2D eigenvalue weighted by Gasteiger charge is -2.28. The Morgan fingerprint density at radius 1 is 1.04 bits per heavy atom. The second kappa shape index (κ2) is 7.01. The van der Waals surface area contributed by atoms with E-state index >= 15 is 0 Å². The van der Waals surface area contributed by atoms with Crippen LogP contribution in [0.5, 0.6) is 0 Å². The van der Waals surface area contributed by atoms with Crippen molar-refractivity contribution >= 4 is 33.2 Å². The van der Waals surface area contributed by atoms with Crippen molar-refractivity contribution in [1.82, 2.24) is 20.3 Å². The van der Waals surface area contributed by atoms with Crippen molar-refractivity contribution in [2.45, 2.75) is 12.6 Å². The van der Waals surface area contributed by atoms with Crippen molar-refractivity contribution in [2.75, 3.05) is 49.1 Å². The maximum Gasteiger partial charge on any atom is 0.130 e. The predicted molar refractivity (Wildman–Crippen MR) is 107 cm³/mol. The van der Waals surface area contributed by atoms with Crippen LogP contribution in [0.25, 0.3) is 20.8 Å². The van der Waals surface area contributed by atoms with Crippen LogP contribution in [0.2, 0.25) is 0 Å². The minimum absolute atomic E-state index is 0.438. The average molecular weight is 384 g/mol. The van der Waals surface area contributed by atoms with Gasteiger partial charge in [-0.1, -0.05) is 0 Å². The van der Waals surface area contributed by atoms with Crippen molar-refractivity contribution in [3.05, 3.63) is 30.6 Å². The van der Waals surface area contributed by atoms with Gasteiger partial charge in [-0.3, -0.25) is 0 Å². The summed E-state index contributed by atoms with van der Waals surface area (Å²) in [6, 6.07) is 6.06. The van der Waals surface area contributed by atoms with Gasteiger partial charge in [0, 0.05) is 56.7 Å². The lowest BCUT2D eigenvalue weighted by Crippen LogP contribution is -2.43. The van der Waals surface area contributed by atoms with Crippen LogP contribution in [-0.2, 0) is 0 Å². The van der Waals surface area contributed by atoms with Crippen LogP contribution in [0.1, 0.15) is 6.42 Å². The molecule has 0 aromatic carbocycles. The standard InChI is InChI=1S/C19H21FN6S/c20-14-3-6-26(12-14)17-2-1-13(10-22-17)19-24-15-9-18(23-11-16(15)27-19)25-7-4-21-5-8-25/h1-2,9-11,14,21H,3-8,12H2/t14-/m1/s1. The largest absolute Gasteiger partial charge is 0.354 e. The predicted octanol–water partition coefficient (Wildman–Crippen LogP) is 2.71. The van der Waals surface area contributed by atoms with E-state index in [9.17, 15) is 4.39 Å². The van der Waals surface area contributed by atoms with Crippen LogP contribution in [0.3, 0.4) is 0 Å². The molecule has 1 N–H and O–H groups in total. The van der Waals surface area contributed by atoms with Crippen LogP contribution in [0, 0.1) is 0 Å².